The zero-order chi connectivity index (χ0) is 13.8. The number of hydrogen-bond acceptors (Lipinski definition) is 4. The van der Waals surface area contributed by atoms with E-state index in [9.17, 15) is 10.1 Å². The minimum absolute atomic E-state index is 0.0876. The Balaban J connectivity index is 2.41. The van der Waals surface area contributed by atoms with Gasteiger partial charge in [-0.2, -0.15) is 0 Å². The number of hydrogen-bond donors (Lipinski definition) is 1. The third-order valence-corrected chi connectivity index (χ3v) is 3.08. The molecule has 0 bridgehead atoms. The van der Waals surface area contributed by atoms with Crippen LogP contribution in [0.25, 0.3) is 11.1 Å². The van der Waals surface area contributed by atoms with Crippen molar-refractivity contribution in [3.05, 3.63) is 58.4 Å². The lowest BCUT2D eigenvalue weighted by Crippen LogP contribution is -2.12. The van der Waals surface area contributed by atoms with Crippen LogP contribution in [0.15, 0.2) is 42.7 Å². The van der Waals surface area contributed by atoms with Gasteiger partial charge in [0.1, 0.15) is 0 Å². The summed E-state index contributed by atoms with van der Waals surface area (Å²) in [5.41, 5.74) is 2.81. The van der Waals surface area contributed by atoms with Gasteiger partial charge in [0.25, 0.3) is 5.69 Å². The molecule has 0 saturated heterocycles. The second kappa shape index (κ2) is 5.58. The van der Waals surface area contributed by atoms with Gasteiger partial charge in [-0.15, -0.1) is 0 Å². The van der Waals surface area contributed by atoms with Crippen molar-refractivity contribution in [1.82, 2.24) is 10.3 Å². The van der Waals surface area contributed by atoms with Gasteiger partial charge in [0.05, 0.1) is 4.92 Å². The third-order valence-electron chi connectivity index (χ3n) is 3.08. The Bertz CT molecular complexity index is 599. The van der Waals surface area contributed by atoms with Gasteiger partial charge in [0.15, 0.2) is 0 Å². The predicted molar refractivity (Wildman–Crippen MR) is 73.8 cm³/mol. The summed E-state index contributed by atoms with van der Waals surface area (Å²) >= 11 is 0. The van der Waals surface area contributed by atoms with Crippen LogP contribution in [0, 0.1) is 10.1 Å². The maximum absolute atomic E-state index is 10.8. The van der Waals surface area contributed by atoms with Gasteiger partial charge >= 0.3 is 0 Å². The molecule has 5 nitrogen and oxygen atoms in total. The molecule has 0 aliphatic heterocycles. The van der Waals surface area contributed by atoms with Crippen molar-refractivity contribution in [3.8, 4) is 11.1 Å². The normalized spacial score (nSPS) is 12.1. The smallest absolute Gasteiger partial charge is 0.270 e. The zero-order valence-electron chi connectivity index (χ0n) is 10.8. The molecule has 0 radical (unpaired) electrons. The number of benzene rings is 1. The average Bonchev–Trinajstić information content (AvgIpc) is 2.46. The van der Waals surface area contributed by atoms with Crippen LogP contribution in [0.5, 0.6) is 0 Å². The Morgan fingerprint density at radius 1 is 1.26 bits per heavy atom. The van der Waals surface area contributed by atoms with Gasteiger partial charge in [0.2, 0.25) is 0 Å². The van der Waals surface area contributed by atoms with Gasteiger partial charge in [-0.05, 0) is 31.2 Å². The lowest BCUT2D eigenvalue weighted by molar-refractivity contribution is -0.384. The quantitative estimate of drug-likeness (QED) is 0.675. The molecular formula is C14H15N3O2. The monoisotopic (exact) mass is 257 g/mol. The lowest BCUT2D eigenvalue weighted by atomic mass is 10.0. The Morgan fingerprint density at radius 3 is 2.74 bits per heavy atom. The minimum atomic E-state index is -0.392. The molecule has 0 saturated carbocycles. The molecule has 0 spiro atoms. The van der Waals surface area contributed by atoms with Crippen molar-refractivity contribution in [2.45, 2.75) is 13.0 Å². The van der Waals surface area contributed by atoms with Crippen molar-refractivity contribution in [2.24, 2.45) is 0 Å². The lowest BCUT2D eigenvalue weighted by Gasteiger charge is -2.11. The summed E-state index contributed by atoms with van der Waals surface area (Å²) in [6, 6.07) is 8.75. The number of pyridine rings is 1. The third kappa shape index (κ3) is 2.95. The largest absolute Gasteiger partial charge is 0.313 e. The van der Waals surface area contributed by atoms with E-state index in [4.69, 9.17) is 0 Å². The number of rotatable bonds is 4. The number of nitro groups is 1. The maximum Gasteiger partial charge on any atom is 0.270 e. The standard InChI is InChI=1S/C14H15N3O2/c1-10(15-2)12-6-13(9-16-8-12)11-4-3-5-14(7-11)17(18)19/h3-10,15H,1-2H3. The highest BCUT2D eigenvalue weighted by Gasteiger charge is 2.09. The minimum Gasteiger partial charge on any atom is -0.313 e. The summed E-state index contributed by atoms with van der Waals surface area (Å²) in [4.78, 5) is 14.6. The highest BCUT2D eigenvalue weighted by molar-refractivity contribution is 5.65. The van der Waals surface area contributed by atoms with E-state index >= 15 is 0 Å². The topological polar surface area (TPSA) is 68.1 Å². The van der Waals surface area contributed by atoms with Crippen LogP contribution in [-0.2, 0) is 0 Å². The van der Waals surface area contributed by atoms with Crippen molar-refractivity contribution in [3.63, 3.8) is 0 Å². The van der Waals surface area contributed by atoms with Crippen molar-refractivity contribution in [2.75, 3.05) is 7.05 Å². The molecule has 0 aliphatic rings. The summed E-state index contributed by atoms with van der Waals surface area (Å²) in [5.74, 6) is 0. The molecule has 1 unspecified atom stereocenters. The van der Waals surface area contributed by atoms with Gasteiger partial charge in [0, 0.05) is 36.1 Å². The number of nitrogens with zero attached hydrogens (tertiary/aromatic N) is 2. The Kier molecular flexibility index (Phi) is 3.87. The first kappa shape index (κ1) is 13.2. The summed E-state index contributed by atoms with van der Waals surface area (Å²) in [5, 5.41) is 13.9. The van der Waals surface area contributed by atoms with E-state index in [1.165, 1.54) is 6.07 Å². The highest BCUT2D eigenvalue weighted by Crippen LogP contribution is 2.25. The second-order valence-electron chi connectivity index (χ2n) is 4.32. The fraction of sp³-hybridized carbons (Fsp3) is 0.214. The molecule has 0 aliphatic carbocycles. The highest BCUT2D eigenvalue weighted by atomic mass is 16.6. The summed E-state index contributed by atoms with van der Waals surface area (Å²) in [7, 11) is 1.88. The van der Waals surface area contributed by atoms with E-state index in [-0.39, 0.29) is 11.7 Å². The van der Waals surface area contributed by atoms with Crippen LogP contribution in [-0.4, -0.2) is 17.0 Å². The average molecular weight is 257 g/mol. The molecular weight excluding hydrogens is 242 g/mol. The molecule has 1 N–H and O–H groups in total. The fourth-order valence-corrected chi connectivity index (χ4v) is 1.82. The predicted octanol–water partition coefficient (Wildman–Crippen LogP) is 2.94. The number of non-ortho nitro benzene ring substituents is 1. The van der Waals surface area contributed by atoms with Crippen molar-refractivity contribution >= 4 is 5.69 Å². The van der Waals surface area contributed by atoms with Gasteiger partial charge in [-0.25, -0.2) is 0 Å². The summed E-state index contributed by atoms with van der Waals surface area (Å²) < 4.78 is 0. The molecule has 1 aromatic heterocycles. The van der Waals surface area contributed by atoms with E-state index in [2.05, 4.69) is 10.3 Å². The van der Waals surface area contributed by atoms with E-state index in [1.807, 2.05) is 26.1 Å². The van der Waals surface area contributed by atoms with Crippen LogP contribution in [0.2, 0.25) is 0 Å². The van der Waals surface area contributed by atoms with E-state index in [0.29, 0.717) is 0 Å². The van der Waals surface area contributed by atoms with Crippen LogP contribution in [0.4, 0.5) is 5.69 Å². The number of aromatic nitrogens is 1. The summed E-state index contributed by atoms with van der Waals surface area (Å²) in [6.07, 6.45) is 3.51. The SMILES string of the molecule is CNC(C)c1cncc(-c2cccc([N+](=O)[O-])c2)c1. The van der Waals surface area contributed by atoms with Crippen molar-refractivity contribution < 1.29 is 4.92 Å². The van der Waals surface area contributed by atoms with E-state index < -0.39 is 4.92 Å². The number of nitrogens with one attached hydrogen (secondary N) is 1. The molecule has 5 heteroatoms. The zero-order valence-corrected chi connectivity index (χ0v) is 10.8. The first-order valence-corrected chi connectivity index (χ1v) is 5.99. The van der Waals surface area contributed by atoms with Crippen LogP contribution in [0.3, 0.4) is 0 Å². The van der Waals surface area contributed by atoms with Crippen LogP contribution >= 0.6 is 0 Å². The molecule has 19 heavy (non-hydrogen) atoms. The molecule has 1 aromatic carbocycles. The van der Waals surface area contributed by atoms with Gasteiger partial charge in [-0.3, -0.25) is 15.1 Å². The molecule has 98 valence electrons. The second-order valence-corrected chi connectivity index (χ2v) is 4.32. The van der Waals surface area contributed by atoms with Crippen LogP contribution < -0.4 is 5.32 Å². The maximum atomic E-state index is 10.8. The van der Waals surface area contributed by atoms with Gasteiger partial charge in [-0.1, -0.05) is 12.1 Å². The first-order valence-electron chi connectivity index (χ1n) is 5.99. The number of nitro benzene ring substituents is 1. The Labute approximate surface area is 111 Å². The van der Waals surface area contributed by atoms with E-state index in [1.54, 1.807) is 24.5 Å². The molecule has 2 aromatic rings. The molecule has 0 fully saturated rings. The molecule has 0 amide bonds. The Hall–Kier alpha value is -2.27. The summed E-state index contributed by atoms with van der Waals surface area (Å²) in [6.45, 7) is 2.04. The van der Waals surface area contributed by atoms with E-state index in [0.717, 1.165) is 16.7 Å². The first-order chi connectivity index (χ1) is 9.11. The molecule has 1 atom stereocenters. The van der Waals surface area contributed by atoms with Gasteiger partial charge < -0.3 is 5.32 Å². The fourth-order valence-electron chi connectivity index (χ4n) is 1.82. The molecule has 1 heterocycles. The molecule has 2 rings (SSSR count). The van der Waals surface area contributed by atoms with Crippen molar-refractivity contribution in [1.29, 1.82) is 0 Å². The van der Waals surface area contributed by atoms with Crippen LogP contribution in [0.1, 0.15) is 18.5 Å². The Morgan fingerprint density at radius 2 is 2.05 bits per heavy atom.